The summed E-state index contributed by atoms with van der Waals surface area (Å²) in [4.78, 5) is 2.29. The molecule has 4 heteroatoms. The second-order valence-corrected chi connectivity index (χ2v) is 5.66. The van der Waals surface area contributed by atoms with E-state index in [1.807, 2.05) is 31.3 Å². The van der Waals surface area contributed by atoms with Gasteiger partial charge in [0.15, 0.2) is 5.82 Å². The van der Waals surface area contributed by atoms with Gasteiger partial charge in [0.25, 0.3) is 0 Å². The molecular formula is C19H22N4. The molecule has 0 aliphatic rings. The lowest BCUT2D eigenvalue weighted by Crippen LogP contribution is -2.26. The van der Waals surface area contributed by atoms with E-state index in [0.717, 1.165) is 36.8 Å². The summed E-state index contributed by atoms with van der Waals surface area (Å²) < 4.78 is 2.08. The van der Waals surface area contributed by atoms with Crippen molar-refractivity contribution in [1.82, 2.24) is 14.8 Å². The summed E-state index contributed by atoms with van der Waals surface area (Å²) in [7, 11) is 2.03. The predicted molar refractivity (Wildman–Crippen MR) is 94.2 cm³/mol. The highest BCUT2D eigenvalue weighted by Gasteiger charge is 2.16. The Balaban J connectivity index is 1.90. The van der Waals surface area contributed by atoms with Gasteiger partial charge in [-0.2, -0.15) is 0 Å². The molecule has 0 aliphatic heterocycles. The molecule has 0 atom stereocenters. The van der Waals surface area contributed by atoms with Gasteiger partial charge < -0.3 is 4.90 Å². The average Bonchev–Trinajstić information content (AvgIpc) is 2.98. The monoisotopic (exact) mass is 306 g/mol. The van der Waals surface area contributed by atoms with Crippen LogP contribution < -0.4 is 4.90 Å². The van der Waals surface area contributed by atoms with Crippen molar-refractivity contribution in [3.8, 4) is 11.4 Å². The molecule has 4 nitrogen and oxygen atoms in total. The Morgan fingerprint density at radius 1 is 0.913 bits per heavy atom. The summed E-state index contributed by atoms with van der Waals surface area (Å²) in [5, 5.41) is 8.85. The Morgan fingerprint density at radius 3 is 2.22 bits per heavy atom. The van der Waals surface area contributed by atoms with E-state index in [-0.39, 0.29) is 0 Å². The second kappa shape index (κ2) is 7.09. The van der Waals surface area contributed by atoms with Gasteiger partial charge in [-0.3, -0.25) is 4.57 Å². The molecule has 0 bridgehead atoms. The minimum absolute atomic E-state index is 0.843. The third-order valence-corrected chi connectivity index (χ3v) is 3.88. The molecule has 0 unspecified atom stereocenters. The van der Waals surface area contributed by atoms with Gasteiger partial charge >= 0.3 is 0 Å². The molecule has 118 valence electrons. The summed E-state index contributed by atoms with van der Waals surface area (Å²) in [5.74, 6) is 1.81. The molecule has 0 fully saturated rings. The zero-order valence-corrected chi connectivity index (χ0v) is 13.7. The van der Waals surface area contributed by atoms with Crippen LogP contribution >= 0.6 is 0 Å². The summed E-state index contributed by atoms with van der Waals surface area (Å²) in [6.07, 6.45) is 1.07. The van der Waals surface area contributed by atoms with Crippen LogP contribution in [0.25, 0.3) is 11.4 Å². The molecule has 0 spiro atoms. The molecule has 0 radical (unpaired) electrons. The van der Waals surface area contributed by atoms with Gasteiger partial charge in [0.05, 0.1) is 0 Å². The Labute approximate surface area is 137 Å². The van der Waals surface area contributed by atoms with Crippen molar-refractivity contribution in [2.24, 2.45) is 7.05 Å². The van der Waals surface area contributed by atoms with Crippen molar-refractivity contribution in [3.63, 3.8) is 0 Å². The molecule has 1 heterocycles. The quantitative estimate of drug-likeness (QED) is 0.692. The Bertz CT molecular complexity index is 735. The van der Waals surface area contributed by atoms with Gasteiger partial charge in [-0.15, -0.1) is 10.2 Å². The molecule has 0 saturated carbocycles. The van der Waals surface area contributed by atoms with Gasteiger partial charge in [0, 0.05) is 25.7 Å². The van der Waals surface area contributed by atoms with Crippen LogP contribution in [0, 0.1) is 0 Å². The van der Waals surface area contributed by atoms with Crippen molar-refractivity contribution in [2.45, 2.75) is 19.9 Å². The molecular weight excluding hydrogens is 284 g/mol. The number of hydrogen-bond donors (Lipinski definition) is 0. The maximum Gasteiger partial charge on any atom is 0.227 e. The summed E-state index contributed by atoms with van der Waals surface area (Å²) in [6, 6.07) is 20.7. The third-order valence-electron chi connectivity index (χ3n) is 3.88. The Hall–Kier alpha value is -2.62. The molecule has 3 aromatic rings. The van der Waals surface area contributed by atoms with Crippen LogP contribution in [-0.2, 0) is 13.6 Å². The van der Waals surface area contributed by atoms with Crippen LogP contribution in [0.15, 0.2) is 60.7 Å². The predicted octanol–water partition coefficient (Wildman–Crippen LogP) is 3.90. The standard InChI is InChI=1S/C19H22N4/c1-3-14-23(15-16-10-6-4-7-11-16)19-21-20-18(22(19)2)17-12-8-5-9-13-17/h4-13H,3,14-15H2,1-2H3. The highest BCUT2D eigenvalue weighted by atomic mass is 15.4. The number of aromatic nitrogens is 3. The minimum atomic E-state index is 0.843. The van der Waals surface area contributed by atoms with E-state index < -0.39 is 0 Å². The molecule has 0 amide bonds. The maximum atomic E-state index is 4.45. The fourth-order valence-corrected chi connectivity index (χ4v) is 2.76. The average molecular weight is 306 g/mol. The number of rotatable bonds is 6. The zero-order chi connectivity index (χ0) is 16.1. The number of hydrogen-bond acceptors (Lipinski definition) is 3. The van der Waals surface area contributed by atoms with E-state index in [1.54, 1.807) is 0 Å². The van der Waals surface area contributed by atoms with Crippen molar-refractivity contribution in [1.29, 1.82) is 0 Å². The first-order valence-corrected chi connectivity index (χ1v) is 8.03. The van der Waals surface area contributed by atoms with E-state index in [0.29, 0.717) is 0 Å². The van der Waals surface area contributed by atoms with Crippen molar-refractivity contribution in [2.75, 3.05) is 11.4 Å². The molecule has 1 aromatic heterocycles. The van der Waals surface area contributed by atoms with Crippen LogP contribution in [0.2, 0.25) is 0 Å². The first-order chi connectivity index (χ1) is 11.3. The number of nitrogens with zero attached hydrogens (tertiary/aromatic N) is 4. The fourth-order valence-electron chi connectivity index (χ4n) is 2.76. The summed E-state index contributed by atoms with van der Waals surface area (Å²) in [6.45, 7) is 3.98. The maximum absolute atomic E-state index is 4.45. The molecule has 0 saturated heterocycles. The largest absolute Gasteiger partial charge is 0.337 e. The van der Waals surface area contributed by atoms with E-state index in [2.05, 4.69) is 63.0 Å². The second-order valence-electron chi connectivity index (χ2n) is 5.66. The molecule has 0 aliphatic carbocycles. The molecule has 0 N–H and O–H groups in total. The van der Waals surface area contributed by atoms with Crippen LogP contribution in [-0.4, -0.2) is 21.3 Å². The normalized spacial score (nSPS) is 10.7. The van der Waals surface area contributed by atoms with E-state index in [1.165, 1.54) is 5.56 Å². The van der Waals surface area contributed by atoms with E-state index >= 15 is 0 Å². The van der Waals surface area contributed by atoms with Crippen molar-refractivity contribution >= 4 is 5.95 Å². The molecule has 3 rings (SSSR count). The van der Waals surface area contributed by atoms with Crippen LogP contribution in [0.5, 0.6) is 0 Å². The molecule has 23 heavy (non-hydrogen) atoms. The van der Waals surface area contributed by atoms with Gasteiger partial charge in [0.1, 0.15) is 0 Å². The summed E-state index contributed by atoms with van der Waals surface area (Å²) in [5.41, 5.74) is 2.37. The number of anilines is 1. The lowest BCUT2D eigenvalue weighted by atomic mass is 10.2. The topological polar surface area (TPSA) is 34.0 Å². The van der Waals surface area contributed by atoms with Gasteiger partial charge in [0.2, 0.25) is 5.95 Å². The van der Waals surface area contributed by atoms with Gasteiger partial charge in [-0.25, -0.2) is 0 Å². The van der Waals surface area contributed by atoms with Crippen LogP contribution in [0.1, 0.15) is 18.9 Å². The van der Waals surface area contributed by atoms with Crippen molar-refractivity contribution < 1.29 is 0 Å². The van der Waals surface area contributed by atoms with Crippen LogP contribution in [0.3, 0.4) is 0 Å². The highest BCUT2D eigenvalue weighted by Crippen LogP contribution is 2.22. The lowest BCUT2D eigenvalue weighted by Gasteiger charge is -2.22. The zero-order valence-electron chi connectivity index (χ0n) is 13.7. The Kier molecular flexibility index (Phi) is 4.71. The van der Waals surface area contributed by atoms with Crippen LogP contribution in [0.4, 0.5) is 5.95 Å². The SMILES string of the molecule is CCCN(Cc1ccccc1)c1nnc(-c2ccccc2)n1C. The van der Waals surface area contributed by atoms with E-state index in [9.17, 15) is 0 Å². The first kappa shape index (κ1) is 15.3. The van der Waals surface area contributed by atoms with Gasteiger partial charge in [-0.1, -0.05) is 67.6 Å². The first-order valence-electron chi connectivity index (χ1n) is 8.03. The minimum Gasteiger partial charge on any atom is -0.337 e. The molecule has 2 aromatic carbocycles. The number of benzene rings is 2. The Morgan fingerprint density at radius 2 is 1.57 bits per heavy atom. The van der Waals surface area contributed by atoms with E-state index in [4.69, 9.17) is 0 Å². The van der Waals surface area contributed by atoms with Crippen molar-refractivity contribution in [3.05, 3.63) is 66.2 Å². The third kappa shape index (κ3) is 3.42. The highest BCUT2D eigenvalue weighted by molar-refractivity contribution is 5.57. The summed E-state index contributed by atoms with van der Waals surface area (Å²) >= 11 is 0. The lowest BCUT2D eigenvalue weighted by molar-refractivity contribution is 0.714. The van der Waals surface area contributed by atoms with Gasteiger partial charge in [-0.05, 0) is 12.0 Å². The fraction of sp³-hybridized carbons (Fsp3) is 0.263. The smallest absolute Gasteiger partial charge is 0.227 e.